The number of nitrogen functional groups attached to an aromatic ring is 1. The number of nitrogens with one attached hydrogen (secondary N) is 1. The van der Waals surface area contributed by atoms with Gasteiger partial charge in [-0.1, -0.05) is 38.1 Å². The molecule has 98 valence electrons. The summed E-state index contributed by atoms with van der Waals surface area (Å²) in [5.41, 5.74) is 8.16. The monoisotopic (exact) mass is 245 g/mol. The summed E-state index contributed by atoms with van der Waals surface area (Å²) in [4.78, 5) is 2.47. The minimum atomic E-state index is 0.169. The van der Waals surface area contributed by atoms with E-state index in [0.29, 0.717) is 5.41 Å². The van der Waals surface area contributed by atoms with Crippen molar-refractivity contribution in [2.75, 3.05) is 13.1 Å². The molecule has 1 aliphatic heterocycles. The molecule has 0 unspecified atom stereocenters. The third-order valence-electron chi connectivity index (χ3n) is 3.91. The number of likely N-dealkylation sites (tertiary alicyclic amines) is 1. The molecule has 1 saturated heterocycles. The second kappa shape index (κ2) is 5.11. The van der Waals surface area contributed by atoms with E-state index in [1.807, 2.05) is 18.2 Å². The van der Waals surface area contributed by atoms with Crippen molar-refractivity contribution in [2.45, 2.75) is 33.2 Å². The molecule has 0 aromatic heterocycles. The lowest BCUT2D eigenvalue weighted by atomic mass is 9.82. The molecule has 0 bridgehead atoms. The summed E-state index contributed by atoms with van der Waals surface area (Å²) in [6.07, 6.45) is 2.49. The average molecular weight is 245 g/mol. The highest BCUT2D eigenvalue weighted by Gasteiger charge is 2.25. The van der Waals surface area contributed by atoms with Crippen LogP contribution in [-0.2, 0) is 6.54 Å². The van der Waals surface area contributed by atoms with E-state index in [9.17, 15) is 0 Å². The quantitative estimate of drug-likeness (QED) is 0.635. The summed E-state index contributed by atoms with van der Waals surface area (Å²) in [6, 6.07) is 7.98. The lowest BCUT2D eigenvalue weighted by Gasteiger charge is -2.37. The van der Waals surface area contributed by atoms with Gasteiger partial charge in [-0.25, -0.2) is 0 Å². The van der Waals surface area contributed by atoms with Crippen molar-refractivity contribution in [2.24, 2.45) is 11.1 Å². The highest BCUT2D eigenvalue weighted by molar-refractivity contribution is 5.96. The van der Waals surface area contributed by atoms with Gasteiger partial charge in [-0.05, 0) is 36.9 Å². The zero-order chi connectivity index (χ0) is 13.2. The Labute approximate surface area is 109 Å². The maximum atomic E-state index is 7.62. The van der Waals surface area contributed by atoms with Crippen LogP contribution in [0.4, 0.5) is 0 Å². The fourth-order valence-corrected chi connectivity index (χ4v) is 2.48. The van der Waals surface area contributed by atoms with Gasteiger partial charge in [-0.15, -0.1) is 0 Å². The summed E-state index contributed by atoms with van der Waals surface area (Å²) in [7, 11) is 0. The van der Waals surface area contributed by atoms with E-state index in [1.54, 1.807) is 0 Å². The van der Waals surface area contributed by atoms with E-state index in [2.05, 4.69) is 24.8 Å². The van der Waals surface area contributed by atoms with E-state index in [4.69, 9.17) is 11.1 Å². The fourth-order valence-electron chi connectivity index (χ4n) is 2.48. The van der Waals surface area contributed by atoms with Gasteiger partial charge in [0, 0.05) is 12.1 Å². The van der Waals surface area contributed by atoms with Crippen LogP contribution in [0.25, 0.3) is 0 Å². The second-order valence-corrected chi connectivity index (χ2v) is 6.01. The Kier molecular flexibility index (Phi) is 3.71. The molecule has 18 heavy (non-hydrogen) atoms. The lowest BCUT2D eigenvalue weighted by Crippen LogP contribution is -2.37. The maximum absolute atomic E-state index is 7.62. The van der Waals surface area contributed by atoms with Gasteiger partial charge in [-0.3, -0.25) is 10.3 Å². The van der Waals surface area contributed by atoms with Gasteiger partial charge < -0.3 is 5.73 Å². The zero-order valence-electron chi connectivity index (χ0n) is 11.4. The third kappa shape index (κ3) is 3.10. The summed E-state index contributed by atoms with van der Waals surface area (Å²) in [5, 5.41) is 7.62. The molecule has 1 aliphatic rings. The first-order chi connectivity index (χ1) is 8.48. The van der Waals surface area contributed by atoms with Gasteiger partial charge in [0.25, 0.3) is 0 Å². The van der Waals surface area contributed by atoms with Gasteiger partial charge in [0.1, 0.15) is 5.84 Å². The molecule has 1 fully saturated rings. The molecule has 1 aromatic rings. The van der Waals surface area contributed by atoms with Crippen molar-refractivity contribution < 1.29 is 0 Å². The van der Waals surface area contributed by atoms with Crippen LogP contribution >= 0.6 is 0 Å². The first kappa shape index (κ1) is 13.1. The van der Waals surface area contributed by atoms with E-state index in [-0.39, 0.29) is 5.84 Å². The van der Waals surface area contributed by atoms with Gasteiger partial charge >= 0.3 is 0 Å². The largest absolute Gasteiger partial charge is 0.384 e. The smallest absolute Gasteiger partial charge is 0.123 e. The molecular formula is C15H23N3. The topological polar surface area (TPSA) is 53.1 Å². The summed E-state index contributed by atoms with van der Waals surface area (Å²) in [5.74, 6) is 0.169. The van der Waals surface area contributed by atoms with Crippen LogP contribution in [0.15, 0.2) is 24.3 Å². The first-order valence-corrected chi connectivity index (χ1v) is 6.63. The Balaban J connectivity index is 2.04. The zero-order valence-corrected chi connectivity index (χ0v) is 11.4. The van der Waals surface area contributed by atoms with Crippen molar-refractivity contribution in [1.82, 2.24) is 4.90 Å². The number of nitrogens with two attached hydrogens (primary N) is 1. The van der Waals surface area contributed by atoms with Gasteiger partial charge in [-0.2, -0.15) is 0 Å². The number of hydrogen-bond acceptors (Lipinski definition) is 2. The van der Waals surface area contributed by atoms with Crippen molar-refractivity contribution in [1.29, 1.82) is 5.41 Å². The minimum absolute atomic E-state index is 0.169. The molecule has 0 radical (unpaired) electrons. The van der Waals surface area contributed by atoms with Crippen LogP contribution in [-0.4, -0.2) is 23.8 Å². The van der Waals surface area contributed by atoms with Crippen molar-refractivity contribution >= 4 is 5.84 Å². The standard InChI is InChI=1S/C15H23N3/c1-15(2)7-9-18(10-8-15)11-12-5-3-4-6-13(12)14(16)17/h3-6H,7-11H2,1-2H3,(H3,16,17). The number of rotatable bonds is 3. The van der Waals surface area contributed by atoms with E-state index in [1.165, 1.54) is 18.4 Å². The number of nitrogens with zero attached hydrogens (tertiary/aromatic N) is 1. The molecule has 2 rings (SSSR count). The number of piperidine rings is 1. The van der Waals surface area contributed by atoms with Crippen LogP contribution in [0.2, 0.25) is 0 Å². The second-order valence-electron chi connectivity index (χ2n) is 6.01. The number of benzene rings is 1. The summed E-state index contributed by atoms with van der Waals surface area (Å²) in [6.45, 7) is 7.87. The average Bonchev–Trinajstić information content (AvgIpc) is 2.32. The molecule has 3 N–H and O–H groups in total. The predicted molar refractivity (Wildman–Crippen MR) is 75.8 cm³/mol. The van der Waals surface area contributed by atoms with Gasteiger partial charge in [0.05, 0.1) is 0 Å². The van der Waals surface area contributed by atoms with Crippen LogP contribution in [0.3, 0.4) is 0 Å². The minimum Gasteiger partial charge on any atom is -0.384 e. The first-order valence-electron chi connectivity index (χ1n) is 6.63. The van der Waals surface area contributed by atoms with E-state index >= 15 is 0 Å². The van der Waals surface area contributed by atoms with Crippen LogP contribution in [0.1, 0.15) is 37.8 Å². The highest BCUT2D eigenvalue weighted by Crippen LogP contribution is 2.30. The van der Waals surface area contributed by atoms with Crippen LogP contribution in [0, 0.1) is 10.8 Å². The highest BCUT2D eigenvalue weighted by atomic mass is 15.1. The molecule has 1 heterocycles. The van der Waals surface area contributed by atoms with Crippen LogP contribution < -0.4 is 5.73 Å². The lowest BCUT2D eigenvalue weighted by molar-refractivity contribution is 0.127. The molecule has 3 heteroatoms. The Hall–Kier alpha value is -1.35. The van der Waals surface area contributed by atoms with E-state index in [0.717, 1.165) is 25.2 Å². The molecule has 0 spiro atoms. The fraction of sp³-hybridized carbons (Fsp3) is 0.533. The molecule has 0 amide bonds. The Morgan fingerprint density at radius 1 is 1.28 bits per heavy atom. The van der Waals surface area contributed by atoms with Crippen molar-refractivity contribution in [3.8, 4) is 0 Å². The number of hydrogen-bond donors (Lipinski definition) is 2. The maximum Gasteiger partial charge on any atom is 0.123 e. The molecule has 0 atom stereocenters. The summed E-state index contributed by atoms with van der Waals surface area (Å²) < 4.78 is 0. The predicted octanol–water partition coefficient (Wildman–Crippen LogP) is 2.59. The van der Waals surface area contributed by atoms with Crippen molar-refractivity contribution in [3.05, 3.63) is 35.4 Å². The molecular weight excluding hydrogens is 222 g/mol. The molecule has 0 aliphatic carbocycles. The Bertz CT molecular complexity index is 427. The molecule has 3 nitrogen and oxygen atoms in total. The normalized spacial score (nSPS) is 19.7. The molecule has 1 aromatic carbocycles. The Morgan fingerprint density at radius 3 is 2.50 bits per heavy atom. The van der Waals surface area contributed by atoms with Crippen molar-refractivity contribution in [3.63, 3.8) is 0 Å². The molecule has 0 saturated carbocycles. The Morgan fingerprint density at radius 2 is 1.89 bits per heavy atom. The van der Waals surface area contributed by atoms with Crippen LogP contribution in [0.5, 0.6) is 0 Å². The van der Waals surface area contributed by atoms with E-state index < -0.39 is 0 Å². The van der Waals surface area contributed by atoms with Gasteiger partial charge in [0.15, 0.2) is 0 Å². The van der Waals surface area contributed by atoms with Gasteiger partial charge in [0.2, 0.25) is 0 Å². The summed E-state index contributed by atoms with van der Waals surface area (Å²) >= 11 is 0. The number of amidine groups is 1. The SMILES string of the molecule is CC1(C)CCN(Cc2ccccc2C(=N)N)CC1. The third-order valence-corrected chi connectivity index (χ3v) is 3.91.